The van der Waals surface area contributed by atoms with Crippen molar-refractivity contribution in [3.05, 3.63) is 12.4 Å². The molecule has 2 N–H and O–H groups in total. The van der Waals surface area contributed by atoms with Crippen molar-refractivity contribution >= 4 is 5.82 Å². The maximum atomic E-state index is 9.72. The first-order valence-corrected chi connectivity index (χ1v) is 8.66. The summed E-state index contributed by atoms with van der Waals surface area (Å²) >= 11 is 0. The molecule has 3 rings (SSSR count). The number of nitrogens with zero attached hydrogens (tertiary/aromatic N) is 2. The highest BCUT2D eigenvalue weighted by molar-refractivity contribution is 5.33. The largest absolute Gasteiger partial charge is 0.476 e. The molecule has 5 nitrogen and oxygen atoms in total. The molecule has 22 heavy (non-hydrogen) atoms. The van der Waals surface area contributed by atoms with Crippen LogP contribution < -0.4 is 10.1 Å². The number of rotatable bonds is 6. The predicted octanol–water partition coefficient (Wildman–Crippen LogP) is 3.01. The molecule has 0 spiro atoms. The average Bonchev–Trinajstić information content (AvgIpc) is 3.05. The smallest absolute Gasteiger partial charge is 0.234 e. The van der Waals surface area contributed by atoms with Gasteiger partial charge >= 0.3 is 0 Å². The Labute approximate surface area is 132 Å². The Morgan fingerprint density at radius 3 is 2.73 bits per heavy atom. The third-order valence-electron chi connectivity index (χ3n) is 4.88. The van der Waals surface area contributed by atoms with Gasteiger partial charge < -0.3 is 15.2 Å². The molecule has 0 amide bonds. The first kappa shape index (κ1) is 15.5. The third kappa shape index (κ3) is 4.57. The average molecular weight is 305 g/mol. The lowest BCUT2D eigenvalue weighted by Gasteiger charge is -2.26. The number of anilines is 1. The molecule has 2 saturated carbocycles. The minimum absolute atomic E-state index is 0.132. The Balaban J connectivity index is 1.45. The topological polar surface area (TPSA) is 67.3 Å². The molecule has 0 aromatic carbocycles. The van der Waals surface area contributed by atoms with Gasteiger partial charge in [-0.1, -0.05) is 19.3 Å². The van der Waals surface area contributed by atoms with Gasteiger partial charge in [0.2, 0.25) is 5.88 Å². The van der Waals surface area contributed by atoms with E-state index in [-0.39, 0.29) is 6.10 Å². The van der Waals surface area contributed by atoms with Gasteiger partial charge in [0, 0.05) is 6.54 Å². The standard InChI is InChI=1S/C17H27N3O2/c21-15-7-3-6-14(8-15)9-19-16-10-18-11-17(20-16)22-12-13-4-1-2-5-13/h10-11,13-15,21H,1-9,12H2,(H,19,20). The fourth-order valence-corrected chi connectivity index (χ4v) is 3.58. The van der Waals surface area contributed by atoms with E-state index in [9.17, 15) is 5.11 Å². The zero-order valence-corrected chi connectivity index (χ0v) is 13.2. The normalized spacial score (nSPS) is 26.0. The summed E-state index contributed by atoms with van der Waals surface area (Å²) in [4.78, 5) is 8.69. The van der Waals surface area contributed by atoms with Crippen LogP contribution in [0.15, 0.2) is 12.4 Å². The minimum atomic E-state index is -0.132. The highest BCUT2D eigenvalue weighted by Gasteiger charge is 2.20. The fourth-order valence-electron chi connectivity index (χ4n) is 3.58. The molecule has 5 heteroatoms. The van der Waals surface area contributed by atoms with Crippen molar-refractivity contribution in [2.45, 2.75) is 57.5 Å². The number of nitrogens with one attached hydrogen (secondary N) is 1. The van der Waals surface area contributed by atoms with Gasteiger partial charge in [0.1, 0.15) is 5.82 Å². The number of aliphatic hydroxyl groups excluding tert-OH is 1. The van der Waals surface area contributed by atoms with Crippen LogP contribution in [-0.2, 0) is 0 Å². The highest BCUT2D eigenvalue weighted by atomic mass is 16.5. The SMILES string of the molecule is OC1CCCC(CNc2cncc(OCC3CCCC3)n2)C1. The van der Waals surface area contributed by atoms with Crippen molar-refractivity contribution in [2.75, 3.05) is 18.5 Å². The van der Waals surface area contributed by atoms with Crippen molar-refractivity contribution < 1.29 is 9.84 Å². The molecule has 1 aromatic rings. The summed E-state index contributed by atoms with van der Waals surface area (Å²) in [6.07, 6.45) is 12.6. The number of aromatic nitrogens is 2. The van der Waals surface area contributed by atoms with Crippen LogP contribution in [0.2, 0.25) is 0 Å². The van der Waals surface area contributed by atoms with Crippen LogP contribution in [0.4, 0.5) is 5.82 Å². The highest BCUT2D eigenvalue weighted by Crippen LogP contribution is 2.26. The lowest BCUT2D eigenvalue weighted by atomic mass is 9.87. The summed E-state index contributed by atoms with van der Waals surface area (Å²) in [6, 6.07) is 0. The number of hydrogen-bond donors (Lipinski definition) is 2. The molecule has 2 unspecified atom stereocenters. The first-order chi connectivity index (χ1) is 10.8. The van der Waals surface area contributed by atoms with Crippen molar-refractivity contribution in [3.63, 3.8) is 0 Å². The molecule has 1 aromatic heterocycles. The zero-order chi connectivity index (χ0) is 15.2. The third-order valence-corrected chi connectivity index (χ3v) is 4.88. The second-order valence-corrected chi connectivity index (χ2v) is 6.77. The molecular formula is C17H27N3O2. The van der Waals surface area contributed by atoms with Gasteiger partial charge in [-0.25, -0.2) is 0 Å². The molecule has 0 saturated heterocycles. The van der Waals surface area contributed by atoms with Gasteiger partial charge in [0.05, 0.1) is 25.1 Å². The van der Waals surface area contributed by atoms with Gasteiger partial charge in [0.15, 0.2) is 0 Å². The molecule has 2 atom stereocenters. The molecule has 0 aliphatic heterocycles. The lowest BCUT2D eigenvalue weighted by molar-refractivity contribution is 0.104. The van der Waals surface area contributed by atoms with Crippen molar-refractivity contribution in [1.29, 1.82) is 0 Å². The Hall–Kier alpha value is -1.36. The van der Waals surface area contributed by atoms with Gasteiger partial charge in [-0.2, -0.15) is 4.98 Å². The van der Waals surface area contributed by atoms with Crippen LogP contribution in [0, 0.1) is 11.8 Å². The van der Waals surface area contributed by atoms with Gasteiger partial charge in [0.25, 0.3) is 0 Å². The molecular weight excluding hydrogens is 278 g/mol. The quantitative estimate of drug-likeness (QED) is 0.845. The summed E-state index contributed by atoms with van der Waals surface area (Å²) in [5, 5.41) is 13.1. The Morgan fingerprint density at radius 1 is 1.09 bits per heavy atom. The molecule has 1 heterocycles. The van der Waals surface area contributed by atoms with Crippen molar-refractivity contribution in [2.24, 2.45) is 11.8 Å². The fraction of sp³-hybridized carbons (Fsp3) is 0.765. The van der Waals surface area contributed by atoms with Crippen molar-refractivity contribution in [1.82, 2.24) is 9.97 Å². The molecule has 2 aliphatic carbocycles. The summed E-state index contributed by atoms with van der Waals surface area (Å²) in [6.45, 7) is 1.60. The van der Waals surface area contributed by atoms with E-state index < -0.39 is 0 Å². The minimum Gasteiger partial charge on any atom is -0.476 e. The van der Waals surface area contributed by atoms with E-state index in [0.29, 0.717) is 17.7 Å². The monoisotopic (exact) mass is 305 g/mol. The van der Waals surface area contributed by atoms with E-state index in [1.807, 2.05) is 0 Å². The second kappa shape index (κ2) is 7.77. The van der Waals surface area contributed by atoms with E-state index in [2.05, 4.69) is 15.3 Å². The number of aliphatic hydroxyl groups is 1. The van der Waals surface area contributed by atoms with E-state index in [0.717, 1.165) is 38.2 Å². The summed E-state index contributed by atoms with van der Waals surface area (Å²) in [5.41, 5.74) is 0. The Bertz CT molecular complexity index is 463. The predicted molar refractivity (Wildman–Crippen MR) is 85.9 cm³/mol. The van der Waals surface area contributed by atoms with E-state index in [1.165, 1.54) is 32.1 Å². The van der Waals surface area contributed by atoms with Gasteiger partial charge in [-0.15, -0.1) is 0 Å². The van der Waals surface area contributed by atoms with Gasteiger partial charge in [-0.3, -0.25) is 4.98 Å². The second-order valence-electron chi connectivity index (χ2n) is 6.77. The lowest BCUT2D eigenvalue weighted by Crippen LogP contribution is -2.25. The van der Waals surface area contributed by atoms with Crippen LogP contribution in [0.3, 0.4) is 0 Å². The molecule has 122 valence electrons. The van der Waals surface area contributed by atoms with Crippen LogP contribution in [-0.4, -0.2) is 34.3 Å². The summed E-state index contributed by atoms with van der Waals surface area (Å²) in [7, 11) is 0. The molecule has 2 aliphatic rings. The molecule has 2 fully saturated rings. The molecule has 0 radical (unpaired) electrons. The first-order valence-electron chi connectivity index (χ1n) is 8.66. The van der Waals surface area contributed by atoms with Crippen molar-refractivity contribution in [3.8, 4) is 5.88 Å². The van der Waals surface area contributed by atoms with Crippen LogP contribution >= 0.6 is 0 Å². The van der Waals surface area contributed by atoms with E-state index in [1.54, 1.807) is 12.4 Å². The van der Waals surface area contributed by atoms with E-state index >= 15 is 0 Å². The maximum Gasteiger partial charge on any atom is 0.234 e. The Morgan fingerprint density at radius 2 is 1.91 bits per heavy atom. The summed E-state index contributed by atoms with van der Waals surface area (Å²) in [5.74, 6) is 2.58. The molecule has 0 bridgehead atoms. The number of hydrogen-bond acceptors (Lipinski definition) is 5. The van der Waals surface area contributed by atoms with Crippen LogP contribution in [0.5, 0.6) is 5.88 Å². The summed E-state index contributed by atoms with van der Waals surface area (Å²) < 4.78 is 5.79. The number of ether oxygens (including phenoxy) is 1. The maximum absolute atomic E-state index is 9.72. The van der Waals surface area contributed by atoms with E-state index in [4.69, 9.17) is 4.74 Å². The van der Waals surface area contributed by atoms with Crippen LogP contribution in [0.25, 0.3) is 0 Å². The van der Waals surface area contributed by atoms with Crippen LogP contribution in [0.1, 0.15) is 51.4 Å². The zero-order valence-electron chi connectivity index (χ0n) is 13.2. The van der Waals surface area contributed by atoms with Gasteiger partial charge in [-0.05, 0) is 43.9 Å². The Kier molecular flexibility index (Phi) is 5.48.